The van der Waals surface area contributed by atoms with Gasteiger partial charge in [0, 0.05) is 19.5 Å². The molecule has 3 heteroatoms. The van der Waals surface area contributed by atoms with E-state index >= 15 is 0 Å². The van der Waals surface area contributed by atoms with Gasteiger partial charge in [-0.05, 0) is 48.7 Å². The molecule has 0 heterocycles. The van der Waals surface area contributed by atoms with Crippen molar-refractivity contribution in [1.29, 1.82) is 0 Å². The first-order valence-electron chi connectivity index (χ1n) is 7.77. The lowest BCUT2D eigenvalue weighted by molar-refractivity contribution is -0.132. The normalized spacial score (nSPS) is 17.0. The van der Waals surface area contributed by atoms with Crippen LogP contribution in [0.4, 0.5) is 0 Å². The summed E-state index contributed by atoms with van der Waals surface area (Å²) in [4.78, 5) is 14.6. The number of rotatable bonds is 9. The van der Waals surface area contributed by atoms with Crippen molar-refractivity contribution < 1.29 is 4.79 Å². The fourth-order valence-corrected chi connectivity index (χ4v) is 2.62. The topological polar surface area (TPSA) is 20.3 Å². The molecule has 0 unspecified atom stereocenters. The molecule has 0 aromatic carbocycles. The Morgan fingerprint density at radius 3 is 1.89 bits per heavy atom. The van der Waals surface area contributed by atoms with Gasteiger partial charge < -0.3 is 4.90 Å². The highest BCUT2D eigenvalue weighted by atomic mass is 32.1. The summed E-state index contributed by atoms with van der Waals surface area (Å²) in [6.07, 6.45) is 5.30. The number of carbonyl (C=O) groups is 1. The molecule has 1 aliphatic carbocycles. The second-order valence-electron chi connectivity index (χ2n) is 7.08. The lowest BCUT2D eigenvalue weighted by Crippen LogP contribution is -2.35. The van der Waals surface area contributed by atoms with Gasteiger partial charge >= 0.3 is 0 Å². The molecule has 0 radical (unpaired) electrons. The molecule has 1 amide bonds. The smallest absolute Gasteiger partial charge is 0.223 e. The van der Waals surface area contributed by atoms with Crippen LogP contribution in [0.15, 0.2) is 0 Å². The molecule has 19 heavy (non-hydrogen) atoms. The molecule has 0 saturated heterocycles. The number of hydrogen-bond acceptors (Lipinski definition) is 2. The molecule has 1 aliphatic rings. The maximum Gasteiger partial charge on any atom is 0.223 e. The number of carbonyl (C=O) groups excluding carboxylic acids is 1. The van der Waals surface area contributed by atoms with E-state index in [1.54, 1.807) is 0 Å². The van der Waals surface area contributed by atoms with E-state index in [1.807, 2.05) is 0 Å². The Hall–Kier alpha value is -0.180. The zero-order chi connectivity index (χ0) is 14.5. The minimum atomic E-state index is 0.244. The quantitative estimate of drug-likeness (QED) is 0.635. The van der Waals surface area contributed by atoms with Crippen LogP contribution in [0.3, 0.4) is 0 Å². The first-order valence-corrected chi connectivity index (χ1v) is 8.40. The highest BCUT2D eigenvalue weighted by molar-refractivity contribution is 7.80. The standard InChI is InChI=1S/C16H31NOS/c1-13(2)5-9-17(10-6-14(3)4)15(18)11-16(12-19)7-8-16/h13-14,19H,5-12H2,1-4H3. The number of thiol groups is 1. The van der Waals surface area contributed by atoms with E-state index < -0.39 is 0 Å². The van der Waals surface area contributed by atoms with Crippen molar-refractivity contribution in [3.63, 3.8) is 0 Å². The monoisotopic (exact) mass is 285 g/mol. The Balaban J connectivity index is 2.47. The van der Waals surface area contributed by atoms with Crippen LogP contribution in [0, 0.1) is 17.3 Å². The van der Waals surface area contributed by atoms with E-state index in [9.17, 15) is 4.79 Å². The first-order chi connectivity index (χ1) is 8.88. The van der Waals surface area contributed by atoms with Crippen LogP contribution in [0.5, 0.6) is 0 Å². The van der Waals surface area contributed by atoms with E-state index in [0.717, 1.165) is 31.7 Å². The van der Waals surface area contributed by atoms with Crippen molar-refractivity contribution in [2.24, 2.45) is 17.3 Å². The zero-order valence-corrected chi connectivity index (χ0v) is 14.0. The Labute approximate surface area is 124 Å². The van der Waals surface area contributed by atoms with Crippen LogP contribution in [-0.2, 0) is 4.79 Å². The van der Waals surface area contributed by atoms with Crippen molar-refractivity contribution >= 4 is 18.5 Å². The van der Waals surface area contributed by atoms with E-state index in [4.69, 9.17) is 0 Å². The van der Waals surface area contributed by atoms with Gasteiger partial charge in [-0.1, -0.05) is 27.7 Å². The highest BCUT2D eigenvalue weighted by Gasteiger charge is 2.43. The summed E-state index contributed by atoms with van der Waals surface area (Å²) >= 11 is 4.41. The Bertz CT molecular complexity index is 272. The predicted molar refractivity (Wildman–Crippen MR) is 85.6 cm³/mol. The van der Waals surface area contributed by atoms with Crippen LogP contribution < -0.4 is 0 Å². The zero-order valence-electron chi connectivity index (χ0n) is 13.1. The average molecular weight is 285 g/mol. The van der Waals surface area contributed by atoms with E-state index in [2.05, 4.69) is 45.2 Å². The van der Waals surface area contributed by atoms with Gasteiger partial charge in [-0.15, -0.1) is 0 Å². The van der Waals surface area contributed by atoms with Gasteiger partial charge in [-0.25, -0.2) is 0 Å². The molecular formula is C16H31NOS. The number of nitrogens with zero attached hydrogens (tertiary/aromatic N) is 1. The molecule has 0 atom stereocenters. The van der Waals surface area contributed by atoms with Crippen molar-refractivity contribution in [2.75, 3.05) is 18.8 Å². The molecule has 0 spiro atoms. The minimum absolute atomic E-state index is 0.244. The molecule has 112 valence electrons. The summed E-state index contributed by atoms with van der Waals surface area (Å²) in [6, 6.07) is 0. The van der Waals surface area contributed by atoms with Gasteiger partial charge in [0.2, 0.25) is 5.91 Å². The summed E-state index contributed by atoms with van der Waals surface area (Å²) in [5.74, 6) is 2.54. The summed E-state index contributed by atoms with van der Waals surface area (Å²) in [5, 5.41) is 0. The SMILES string of the molecule is CC(C)CCN(CCC(C)C)C(=O)CC1(CS)CC1. The minimum Gasteiger partial charge on any atom is -0.343 e. The van der Waals surface area contributed by atoms with Gasteiger partial charge in [0.15, 0.2) is 0 Å². The lowest BCUT2D eigenvalue weighted by atomic mass is 10.0. The average Bonchev–Trinajstić information content (AvgIpc) is 3.08. The summed E-state index contributed by atoms with van der Waals surface area (Å²) in [5.41, 5.74) is 0.244. The van der Waals surface area contributed by atoms with E-state index in [-0.39, 0.29) is 5.41 Å². The van der Waals surface area contributed by atoms with Crippen molar-refractivity contribution in [3.05, 3.63) is 0 Å². The second kappa shape index (κ2) is 7.56. The molecule has 0 aromatic rings. The molecule has 0 aliphatic heterocycles. The van der Waals surface area contributed by atoms with Crippen molar-refractivity contribution in [1.82, 2.24) is 4.90 Å². The summed E-state index contributed by atoms with van der Waals surface area (Å²) in [7, 11) is 0. The molecule has 0 aromatic heterocycles. The molecule has 1 fully saturated rings. The lowest BCUT2D eigenvalue weighted by Gasteiger charge is -2.26. The van der Waals surface area contributed by atoms with Gasteiger partial charge in [-0.2, -0.15) is 12.6 Å². The third kappa shape index (κ3) is 6.20. The van der Waals surface area contributed by atoms with E-state index in [1.165, 1.54) is 12.8 Å². The molecule has 0 N–H and O–H groups in total. The van der Waals surface area contributed by atoms with E-state index in [0.29, 0.717) is 24.2 Å². The third-order valence-corrected chi connectivity index (χ3v) is 4.80. The Morgan fingerprint density at radius 2 is 1.58 bits per heavy atom. The van der Waals surface area contributed by atoms with Crippen LogP contribution in [0.25, 0.3) is 0 Å². The van der Waals surface area contributed by atoms with Gasteiger partial charge in [0.1, 0.15) is 0 Å². The van der Waals surface area contributed by atoms with Gasteiger partial charge in [-0.3, -0.25) is 4.79 Å². The maximum atomic E-state index is 12.5. The van der Waals surface area contributed by atoms with Gasteiger partial charge in [0.25, 0.3) is 0 Å². The Kier molecular flexibility index (Phi) is 6.72. The fourth-order valence-electron chi connectivity index (χ4n) is 2.19. The predicted octanol–water partition coefficient (Wildman–Crippen LogP) is 4.01. The van der Waals surface area contributed by atoms with Crippen LogP contribution in [0.2, 0.25) is 0 Å². The van der Waals surface area contributed by atoms with Crippen molar-refractivity contribution in [2.45, 2.75) is 59.8 Å². The third-order valence-electron chi connectivity index (χ3n) is 4.12. The van der Waals surface area contributed by atoms with Crippen LogP contribution >= 0.6 is 12.6 Å². The van der Waals surface area contributed by atoms with Gasteiger partial charge in [0.05, 0.1) is 0 Å². The van der Waals surface area contributed by atoms with Crippen molar-refractivity contribution in [3.8, 4) is 0 Å². The summed E-state index contributed by atoms with van der Waals surface area (Å²) in [6.45, 7) is 10.7. The fraction of sp³-hybridized carbons (Fsp3) is 0.938. The molecule has 0 bridgehead atoms. The van der Waals surface area contributed by atoms with Crippen LogP contribution in [-0.4, -0.2) is 29.6 Å². The summed E-state index contributed by atoms with van der Waals surface area (Å²) < 4.78 is 0. The molecular weight excluding hydrogens is 254 g/mol. The highest BCUT2D eigenvalue weighted by Crippen LogP contribution is 2.49. The molecule has 1 rings (SSSR count). The number of amides is 1. The van der Waals surface area contributed by atoms with Crippen LogP contribution in [0.1, 0.15) is 59.8 Å². The molecule has 1 saturated carbocycles. The number of hydrogen-bond donors (Lipinski definition) is 1. The maximum absolute atomic E-state index is 12.5. The second-order valence-corrected chi connectivity index (χ2v) is 7.40. The Morgan fingerprint density at radius 1 is 1.11 bits per heavy atom. The first kappa shape index (κ1) is 16.9. The molecule has 2 nitrogen and oxygen atoms in total. The largest absolute Gasteiger partial charge is 0.343 e.